The molecule has 14 aromatic rings. The second-order valence-corrected chi connectivity index (χ2v) is 20.3. The second kappa shape index (κ2) is 20.6. The first kappa shape index (κ1) is 49.8. The zero-order valence-electron chi connectivity index (χ0n) is 44.6. The van der Waals surface area contributed by atoms with Crippen LogP contribution in [0.4, 0.5) is 11.4 Å². The summed E-state index contributed by atoms with van der Waals surface area (Å²) in [5, 5.41) is 35.6. The van der Waals surface area contributed by atoms with E-state index in [1.165, 1.54) is 0 Å². The van der Waals surface area contributed by atoms with Gasteiger partial charge in [0.05, 0.1) is 69.9 Å². The largest absolute Gasteiger partial charge is 0.308 e. The molecule has 0 spiro atoms. The van der Waals surface area contributed by atoms with Crippen LogP contribution in [0, 0.1) is 47.1 Å². The summed E-state index contributed by atoms with van der Waals surface area (Å²) in [6.07, 6.45) is 0. The molecular formula is C74H40N10. The summed E-state index contributed by atoms with van der Waals surface area (Å²) in [7, 11) is 0. The van der Waals surface area contributed by atoms with E-state index in [1.807, 2.05) is 146 Å². The van der Waals surface area contributed by atoms with Crippen molar-refractivity contribution < 1.29 is 0 Å². The molecule has 0 unspecified atom stereocenters. The van der Waals surface area contributed by atoms with Crippen LogP contribution in [0.2, 0.25) is 0 Å². The predicted octanol–water partition coefficient (Wildman–Crippen LogP) is 18.5. The van der Waals surface area contributed by atoms with Gasteiger partial charge in [0, 0.05) is 38.2 Å². The van der Waals surface area contributed by atoms with Crippen LogP contribution in [0.15, 0.2) is 243 Å². The lowest BCUT2D eigenvalue weighted by Crippen LogP contribution is -2.07. The Hall–Kier alpha value is -12.5. The highest BCUT2D eigenvalue weighted by Gasteiger charge is 2.26. The van der Waals surface area contributed by atoms with Crippen molar-refractivity contribution in [2.75, 3.05) is 0 Å². The predicted molar refractivity (Wildman–Crippen MR) is 333 cm³/mol. The fraction of sp³-hybridized carbons (Fsp3) is 0. The van der Waals surface area contributed by atoms with Crippen molar-refractivity contribution in [3.63, 3.8) is 0 Å². The van der Waals surface area contributed by atoms with E-state index in [0.29, 0.717) is 62.5 Å². The Morgan fingerprint density at radius 3 is 0.964 bits per heavy atom. The molecule has 0 saturated carbocycles. The number of fused-ring (bicyclic) bond motifs is 6. The highest BCUT2D eigenvalue weighted by molar-refractivity contribution is 6.14. The Bertz CT molecular complexity index is 4720. The average molecular weight is 1070 g/mol. The minimum atomic E-state index is 0.372. The van der Waals surface area contributed by atoms with E-state index in [4.69, 9.17) is 28.1 Å². The molecule has 10 heteroatoms. The molecule has 0 saturated heterocycles. The van der Waals surface area contributed by atoms with Gasteiger partial charge >= 0.3 is 0 Å². The Labute approximate surface area is 482 Å². The summed E-state index contributed by atoms with van der Waals surface area (Å²) >= 11 is 0. The summed E-state index contributed by atoms with van der Waals surface area (Å²) in [6.45, 7) is 15.6. The number of hydrogen-bond donors (Lipinski definition) is 0. The van der Waals surface area contributed by atoms with Crippen LogP contribution in [-0.4, -0.2) is 24.1 Å². The van der Waals surface area contributed by atoms with Crippen molar-refractivity contribution in [3.8, 4) is 108 Å². The number of hydrogen-bond acceptors (Lipinski definition) is 6. The molecule has 10 nitrogen and oxygen atoms in total. The van der Waals surface area contributed by atoms with Crippen molar-refractivity contribution >= 4 is 55.0 Å². The standard InChI is InChI=1S/C74H40N10/c1-78-59-23-11-21-52(35-59)56-27-31-68-63(39-56)64-40-57(53-22-12-24-60(36-53)79-2)28-32-69(64)84(68)71-42-58(74-81-72(48-15-5-3-6-16-48)80-73(82-74)49-17-7-4-8-18-49)41-70(65(71)45-77)83-66-29-25-54(50-19-9-13-46(33-50)43-75)37-61(66)62-38-55(26-30-67(62)83)51-20-10-14-47(34-51)44-76/h3-42H. The van der Waals surface area contributed by atoms with E-state index < -0.39 is 0 Å². The number of benzene rings is 11. The molecule has 0 fully saturated rings. The van der Waals surface area contributed by atoms with Crippen LogP contribution in [0.1, 0.15) is 16.7 Å². The minimum absolute atomic E-state index is 0.372. The van der Waals surface area contributed by atoms with Gasteiger partial charge in [-0.25, -0.2) is 24.6 Å². The third kappa shape index (κ3) is 8.70. The maximum absolute atomic E-state index is 12.1. The fourth-order valence-electron chi connectivity index (χ4n) is 11.5. The van der Waals surface area contributed by atoms with Crippen molar-refractivity contribution in [2.45, 2.75) is 0 Å². The summed E-state index contributed by atoms with van der Waals surface area (Å²) in [5.41, 5.74) is 16.4. The maximum atomic E-state index is 12.1. The maximum Gasteiger partial charge on any atom is 0.187 e. The van der Waals surface area contributed by atoms with Crippen molar-refractivity contribution in [1.29, 1.82) is 15.8 Å². The van der Waals surface area contributed by atoms with E-state index in [9.17, 15) is 15.8 Å². The molecule has 3 aromatic heterocycles. The van der Waals surface area contributed by atoms with Crippen molar-refractivity contribution in [3.05, 3.63) is 282 Å². The molecule has 3 heterocycles. The lowest BCUT2D eigenvalue weighted by molar-refractivity contribution is 1.06. The van der Waals surface area contributed by atoms with Gasteiger partial charge in [0.15, 0.2) is 28.8 Å². The van der Waals surface area contributed by atoms with Crippen LogP contribution in [0.5, 0.6) is 0 Å². The first-order valence-electron chi connectivity index (χ1n) is 27.0. The second-order valence-electron chi connectivity index (χ2n) is 20.3. The third-order valence-corrected chi connectivity index (χ3v) is 15.4. The van der Waals surface area contributed by atoms with Gasteiger partial charge in [-0.3, -0.25) is 0 Å². The lowest BCUT2D eigenvalue weighted by atomic mass is 9.99. The van der Waals surface area contributed by atoms with Crippen LogP contribution in [0.3, 0.4) is 0 Å². The molecule has 0 atom stereocenters. The lowest BCUT2D eigenvalue weighted by Gasteiger charge is -2.18. The highest BCUT2D eigenvalue weighted by atomic mass is 15.1. The first-order valence-corrected chi connectivity index (χ1v) is 27.0. The van der Waals surface area contributed by atoms with Crippen LogP contribution in [0.25, 0.3) is 143 Å². The number of nitriles is 3. The summed E-state index contributed by atoms with van der Waals surface area (Å²) < 4.78 is 4.30. The smallest absolute Gasteiger partial charge is 0.187 e. The van der Waals surface area contributed by atoms with Gasteiger partial charge < -0.3 is 9.13 Å². The van der Waals surface area contributed by atoms with Gasteiger partial charge in [0.2, 0.25) is 0 Å². The summed E-state index contributed by atoms with van der Waals surface area (Å²) in [6, 6.07) is 86.5. The van der Waals surface area contributed by atoms with E-state index in [2.05, 4.69) is 110 Å². The number of nitrogens with zero attached hydrogens (tertiary/aromatic N) is 10. The van der Waals surface area contributed by atoms with Crippen LogP contribution < -0.4 is 0 Å². The van der Waals surface area contributed by atoms with Crippen LogP contribution >= 0.6 is 0 Å². The molecular weight excluding hydrogens is 1030 g/mol. The normalized spacial score (nSPS) is 11.0. The summed E-state index contributed by atoms with van der Waals surface area (Å²) in [5.74, 6) is 1.34. The topological polar surface area (TPSA) is 129 Å². The third-order valence-electron chi connectivity index (χ3n) is 15.4. The van der Waals surface area contributed by atoms with Gasteiger partial charge in [-0.05, 0) is 142 Å². The Balaban J connectivity index is 1.10. The first-order chi connectivity index (χ1) is 41.4. The Morgan fingerprint density at radius 2 is 0.619 bits per heavy atom. The van der Waals surface area contributed by atoms with E-state index in [1.54, 1.807) is 24.3 Å². The van der Waals surface area contributed by atoms with Gasteiger partial charge in [-0.15, -0.1) is 0 Å². The fourth-order valence-corrected chi connectivity index (χ4v) is 11.5. The number of aromatic nitrogens is 5. The molecule has 386 valence electrons. The molecule has 0 aliphatic heterocycles. The minimum Gasteiger partial charge on any atom is -0.308 e. The zero-order chi connectivity index (χ0) is 56.8. The average Bonchev–Trinajstić information content (AvgIpc) is 2.40. The molecule has 0 amide bonds. The molecule has 84 heavy (non-hydrogen) atoms. The highest BCUT2D eigenvalue weighted by Crippen LogP contribution is 2.44. The zero-order valence-corrected chi connectivity index (χ0v) is 44.6. The van der Waals surface area contributed by atoms with Gasteiger partial charge in [0.25, 0.3) is 0 Å². The molecule has 14 rings (SSSR count). The SMILES string of the molecule is [C-]#[N+]c1cccc(-c2ccc3c(c2)c2cc(-c4cccc([N+]#[C-])c4)ccc2n3-c2cc(-c3nc(-c4ccccc4)nc(-c4ccccc4)n3)cc(-n3c4ccc(-c5cccc(C#N)c5)cc4c4cc(-c5cccc(C#N)c5)ccc43)c2C#N)c1. The monoisotopic (exact) mass is 1070 g/mol. The van der Waals surface area contributed by atoms with Gasteiger partial charge in [-0.2, -0.15) is 15.8 Å². The molecule has 0 radical (unpaired) electrons. The molecule has 11 aromatic carbocycles. The molecule has 0 aliphatic rings. The Morgan fingerprint density at radius 1 is 0.298 bits per heavy atom. The van der Waals surface area contributed by atoms with E-state index >= 15 is 0 Å². The van der Waals surface area contributed by atoms with E-state index in [0.717, 1.165) is 99.2 Å². The van der Waals surface area contributed by atoms with Crippen molar-refractivity contribution in [1.82, 2.24) is 24.1 Å². The van der Waals surface area contributed by atoms with Crippen LogP contribution in [-0.2, 0) is 0 Å². The quantitative estimate of drug-likeness (QED) is 0.132. The molecule has 0 bridgehead atoms. The Kier molecular flexibility index (Phi) is 12.2. The van der Waals surface area contributed by atoms with E-state index in [-0.39, 0.29) is 0 Å². The molecule has 0 aliphatic carbocycles. The van der Waals surface area contributed by atoms with Gasteiger partial charge in [-0.1, -0.05) is 146 Å². The molecule has 0 N–H and O–H groups in total. The van der Waals surface area contributed by atoms with Gasteiger partial charge in [0.1, 0.15) is 11.6 Å². The van der Waals surface area contributed by atoms with Crippen molar-refractivity contribution in [2.24, 2.45) is 0 Å². The number of rotatable bonds is 9. The summed E-state index contributed by atoms with van der Waals surface area (Å²) in [4.78, 5) is 23.1.